The largest absolute Gasteiger partial charge is 0.469 e. The van der Waals surface area contributed by atoms with E-state index in [-0.39, 0.29) is 30.7 Å². The Hall–Kier alpha value is -2.08. The van der Waals surface area contributed by atoms with Crippen molar-refractivity contribution < 1.29 is 19.1 Å². The van der Waals surface area contributed by atoms with Gasteiger partial charge in [-0.2, -0.15) is 0 Å². The molecular formula is C17H23ClN2O4. The molecule has 0 aliphatic heterocycles. The van der Waals surface area contributed by atoms with Crippen LogP contribution in [0.5, 0.6) is 0 Å². The van der Waals surface area contributed by atoms with E-state index in [0.29, 0.717) is 10.6 Å². The van der Waals surface area contributed by atoms with Crippen molar-refractivity contribution in [1.29, 1.82) is 0 Å². The molecule has 0 aromatic heterocycles. The number of hydrogen-bond donors (Lipinski definition) is 2. The first kappa shape index (κ1) is 20.0. The van der Waals surface area contributed by atoms with Gasteiger partial charge in [0.1, 0.15) is 6.04 Å². The van der Waals surface area contributed by atoms with Gasteiger partial charge in [0, 0.05) is 17.1 Å². The van der Waals surface area contributed by atoms with Crippen LogP contribution in [-0.2, 0) is 14.3 Å². The van der Waals surface area contributed by atoms with Crippen molar-refractivity contribution >= 4 is 29.4 Å². The molecule has 2 unspecified atom stereocenters. The van der Waals surface area contributed by atoms with Crippen LogP contribution in [0.2, 0.25) is 5.02 Å². The number of carbonyl (C=O) groups is 3. The van der Waals surface area contributed by atoms with Crippen molar-refractivity contribution in [3.8, 4) is 0 Å². The van der Waals surface area contributed by atoms with Crippen LogP contribution in [-0.4, -0.2) is 37.5 Å². The number of hydrogen-bond acceptors (Lipinski definition) is 4. The lowest BCUT2D eigenvalue weighted by Gasteiger charge is -2.23. The van der Waals surface area contributed by atoms with Gasteiger partial charge < -0.3 is 15.4 Å². The van der Waals surface area contributed by atoms with Gasteiger partial charge >= 0.3 is 5.97 Å². The fourth-order valence-electron chi connectivity index (χ4n) is 2.03. The summed E-state index contributed by atoms with van der Waals surface area (Å²) >= 11 is 5.81. The number of nitrogens with one attached hydrogen (secondary N) is 2. The number of amides is 2. The maximum atomic E-state index is 12.3. The summed E-state index contributed by atoms with van der Waals surface area (Å²) in [7, 11) is 1.29. The monoisotopic (exact) mass is 354 g/mol. The molecule has 2 N–H and O–H groups in total. The zero-order valence-electron chi connectivity index (χ0n) is 14.1. The molecule has 6 nitrogen and oxygen atoms in total. The maximum absolute atomic E-state index is 12.3. The van der Waals surface area contributed by atoms with Gasteiger partial charge in [0.2, 0.25) is 5.91 Å². The number of benzene rings is 1. The Morgan fingerprint density at radius 3 is 2.38 bits per heavy atom. The van der Waals surface area contributed by atoms with Gasteiger partial charge in [-0.05, 0) is 30.2 Å². The SMILES string of the molecule is CCC(C)C(NC(=O)c1ccc(Cl)cc1)C(=O)NCCC(=O)OC. The summed E-state index contributed by atoms with van der Waals surface area (Å²) in [5.74, 6) is -1.13. The van der Waals surface area contributed by atoms with Crippen molar-refractivity contribution in [2.24, 2.45) is 5.92 Å². The minimum Gasteiger partial charge on any atom is -0.469 e. The molecule has 0 spiro atoms. The Kier molecular flexibility index (Phi) is 8.26. The predicted octanol–water partition coefficient (Wildman–Crippen LogP) is 2.16. The third kappa shape index (κ3) is 6.20. The highest BCUT2D eigenvalue weighted by atomic mass is 35.5. The quantitative estimate of drug-likeness (QED) is 0.701. The Morgan fingerprint density at radius 1 is 1.21 bits per heavy atom. The number of methoxy groups -OCH3 is 1. The summed E-state index contributed by atoms with van der Waals surface area (Å²) in [6.07, 6.45) is 0.802. The Balaban J connectivity index is 2.70. The average Bonchev–Trinajstić information content (AvgIpc) is 2.58. The first-order chi connectivity index (χ1) is 11.4. The molecule has 132 valence electrons. The zero-order chi connectivity index (χ0) is 18.1. The molecule has 0 aliphatic carbocycles. The highest BCUT2D eigenvalue weighted by Gasteiger charge is 2.26. The van der Waals surface area contributed by atoms with Gasteiger partial charge in [0.25, 0.3) is 5.91 Å². The van der Waals surface area contributed by atoms with Crippen molar-refractivity contribution in [1.82, 2.24) is 10.6 Å². The van der Waals surface area contributed by atoms with E-state index in [1.54, 1.807) is 24.3 Å². The van der Waals surface area contributed by atoms with Crippen LogP contribution in [0.4, 0.5) is 0 Å². The van der Waals surface area contributed by atoms with Crippen molar-refractivity contribution in [3.05, 3.63) is 34.9 Å². The molecular weight excluding hydrogens is 332 g/mol. The third-order valence-electron chi connectivity index (χ3n) is 3.74. The molecule has 1 aromatic carbocycles. The number of halogens is 1. The molecule has 24 heavy (non-hydrogen) atoms. The van der Waals surface area contributed by atoms with Crippen LogP contribution < -0.4 is 10.6 Å². The summed E-state index contributed by atoms with van der Waals surface area (Å²) in [5, 5.41) is 5.93. The van der Waals surface area contributed by atoms with E-state index in [4.69, 9.17) is 11.6 Å². The Bertz CT molecular complexity index is 574. The van der Waals surface area contributed by atoms with E-state index in [1.165, 1.54) is 7.11 Å². The molecule has 2 amide bonds. The molecule has 1 aromatic rings. The highest BCUT2D eigenvalue weighted by molar-refractivity contribution is 6.30. The van der Waals surface area contributed by atoms with Gasteiger partial charge in [-0.3, -0.25) is 14.4 Å². The lowest BCUT2D eigenvalue weighted by Crippen LogP contribution is -2.50. The summed E-state index contributed by atoms with van der Waals surface area (Å²) in [5.41, 5.74) is 0.426. The van der Waals surface area contributed by atoms with Crippen LogP contribution in [0.3, 0.4) is 0 Å². The molecule has 0 fully saturated rings. The van der Waals surface area contributed by atoms with Crippen molar-refractivity contribution in [3.63, 3.8) is 0 Å². The number of carbonyl (C=O) groups excluding carboxylic acids is 3. The topological polar surface area (TPSA) is 84.5 Å². The van der Waals surface area contributed by atoms with Crippen molar-refractivity contribution in [2.45, 2.75) is 32.7 Å². The van der Waals surface area contributed by atoms with Gasteiger partial charge in [0.15, 0.2) is 0 Å². The second-order valence-electron chi connectivity index (χ2n) is 5.46. The standard InChI is InChI=1S/C17H23ClN2O4/c1-4-11(2)15(17(23)19-10-9-14(21)24-3)20-16(22)12-5-7-13(18)8-6-12/h5-8,11,15H,4,9-10H2,1-3H3,(H,19,23)(H,20,22). The molecule has 0 saturated carbocycles. The first-order valence-electron chi connectivity index (χ1n) is 7.80. The van der Waals surface area contributed by atoms with E-state index in [1.807, 2.05) is 13.8 Å². The fourth-order valence-corrected chi connectivity index (χ4v) is 2.15. The summed E-state index contributed by atoms with van der Waals surface area (Å²) in [6, 6.07) is 5.74. The average molecular weight is 355 g/mol. The van der Waals surface area contributed by atoms with E-state index in [2.05, 4.69) is 15.4 Å². The van der Waals surface area contributed by atoms with Crippen LogP contribution in [0.1, 0.15) is 37.0 Å². The molecule has 7 heteroatoms. The zero-order valence-corrected chi connectivity index (χ0v) is 14.9. The second kappa shape index (κ2) is 9.93. The van der Waals surface area contributed by atoms with Crippen LogP contribution >= 0.6 is 11.6 Å². The molecule has 0 bridgehead atoms. The number of rotatable bonds is 8. The van der Waals surface area contributed by atoms with Gasteiger partial charge in [-0.25, -0.2) is 0 Å². The lowest BCUT2D eigenvalue weighted by molar-refractivity contribution is -0.140. The smallest absolute Gasteiger partial charge is 0.307 e. The van der Waals surface area contributed by atoms with Gasteiger partial charge in [0.05, 0.1) is 13.5 Å². The van der Waals surface area contributed by atoms with Crippen LogP contribution in [0, 0.1) is 5.92 Å². The molecule has 0 heterocycles. The summed E-state index contributed by atoms with van der Waals surface area (Å²) in [4.78, 5) is 35.7. The predicted molar refractivity (Wildman–Crippen MR) is 91.8 cm³/mol. The van der Waals surface area contributed by atoms with E-state index < -0.39 is 12.0 Å². The second-order valence-corrected chi connectivity index (χ2v) is 5.90. The molecule has 1 rings (SSSR count). The first-order valence-corrected chi connectivity index (χ1v) is 8.17. The summed E-state index contributed by atoms with van der Waals surface area (Å²) in [6.45, 7) is 3.98. The molecule has 0 radical (unpaired) electrons. The lowest BCUT2D eigenvalue weighted by atomic mass is 9.98. The minimum absolute atomic E-state index is 0.0561. The molecule has 2 atom stereocenters. The molecule has 0 aliphatic rings. The molecule has 0 saturated heterocycles. The van der Waals surface area contributed by atoms with Crippen molar-refractivity contribution in [2.75, 3.05) is 13.7 Å². The number of ether oxygens (including phenoxy) is 1. The third-order valence-corrected chi connectivity index (χ3v) is 4.00. The van der Waals surface area contributed by atoms with E-state index >= 15 is 0 Å². The Labute approximate surface area is 146 Å². The van der Waals surface area contributed by atoms with E-state index in [9.17, 15) is 14.4 Å². The fraction of sp³-hybridized carbons (Fsp3) is 0.471. The van der Waals surface area contributed by atoms with Gasteiger partial charge in [-0.1, -0.05) is 31.9 Å². The van der Waals surface area contributed by atoms with Crippen LogP contribution in [0.15, 0.2) is 24.3 Å². The normalized spacial score (nSPS) is 12.8. The highest BCUT2D eigenvalue weighted by Crippen LogP contribution is 2.12. The van der Waals surface area contributed by atoms with E-state index in [0.717, 1.165) is 6.42 Å². The van der Waals surface area contributed by atoms with Gasteiger partial charge in [-0.15, -0.1) is 0 Å². The Morgan fingerprint density at radius 2 is 1.83 bits per heavy atom. The minimum atomic E-state index is -0.684. The summed E-state index contributed by atoms with van der Waals surface area (Å²) < 4.78 is 4.52. The maximum Gasteiger partial charge on any atom is 0.307 e. The van der Waals surface area contributed by atoms with Crippen LogP contribution in [0.25, 0.3) is 0 Å². The number of esters is 1.